The lowest BCUT2D eigenvalue weighted by Gasteiger charge is -2.35. The molecule has 134 heavy (non-hydrogen) atoms. The maximum atomic E-state index is 3.65. The van der Waals surface area contributed by atoms with Crippen LogP contribution in [0, 0.1) is 20.8 Å². The molecule has 0 heterocycles. The maximum Gasteiger partial charge on any atom is 0.0714 e. The third kappa shape index (κ3) is 13.3. The van der Waals surface area contributed by atoms with Gasteiger partial charge in [0, 0.05) is 42.5 Å². The molecule has 0 N–H and O–H groups in total. The second-order valence-corrected chi connectivity index (χ2v) is 37.8. The summed E-state index contributed by atoms with van der Waals surface area (Å²) in [5, 5.41) is 15.2. The summed E-state index contributed by atoms with van der Waals surface area (Å²) in [5.41, 5.74) is 35.0. The van der Waals surface area contributed by atoms with E-state index < -0.39 is 10.8 Å². The van der Waals surface area contributed by atoms with Crippen LogP contribution in [-0.2, 0) is 22.7 Å². The Morgan fingerprint density at radius 3 is 0.784 bits per heavy atom. The Hall–Kier alpha value is -15.3. The Kier molecular flexibility index (Phi) is 21.0. The van der Waals surface area contributed by atoms with Gasteiger partial charge < -0.3 is 9.80 Å². The Morgan fingerprint density at radius 1 is 0.201 bits per heavy atom. The van der Waals surface area contributed by atoms with Crippen molar-refractivity contribution in [2.45, 2.75) is 50.9 Å². The zero-order chi connectivity index (χ0) is 89.0. The summed E-state index contributed by atoms with van der Waals surface area (Å²) < 4.78 is 2.31. The summed E-state index contributed by atoms with van der Waals surface area (Å²) in [6, 6.07) is 178. The third-order valence-corrected chi connectivity index (χ3v) is 30.0. The molecule has 0 bridgehead atoms. The highest BCUT2D eigenvalue weighted by atomic mass is 79.9. The number of nitrogens with zero attached hydrogens (tertiary/aromatic N) is 2. The number of rotatable bonds is 14. The van der Waals surface area contributed by atoms with Gasteiger partial charge in [-0.2, -0.15) is 0 Å². The molecule has 0 fully saturated rings. The minimum absolute atomic E-state index is 0. The van der Waals surface area contributed by atoms with Gasteiger partial charge in [-0.1, -0.05) is 451 Å². The molecule has 0 aliphatic heterocycles. The van der Waals surface area contributed by atoms with E-state index in [1.165, 1.54) is 193 Å². The van der Waals surface area contributed by atoms with Gasteiger partial charge in [-0.3, -0.25) is 0 Å². The minimum atomic E-state index is -0.543. The number of aryl methyl sites for hydroxylation is 3. The Balaban J connectivity index is 0.000000157. The lowest BCUT2D eigenvalue weighted by molar-refractivity contribution is 0.766. The van der Waals surface area contributed by atoms with Crippen LogP contribution in [0.3, 0.4) is 0 Å². The molecule has 3 aliphatic rings. The van der Waals surface area contributed by atoms with Gasteiger partial charge in [0.25, 0.3) is 0 Å². The highest BCUT2D eigenvalue weighted by molar-refractivity contribution is 9.11. The average molecular weight is 1840 g/mol. The average Bonchev–Trinajstić information content (AvgIpc) is 1.55. The van der Waals surface area contributed by atoms with Crippen LogP contribution in [0.5, 0.6) is 0 Å². The minimum Gasteiger partial charge on any atom is -0.310 e. The number of benzene rings is 23. The molecular formula is C130H94Br2N2. The van der Waals surface area contributed by atoms with Gasteiger partial charge in [-0.25, -0.2) is 0 Å². The van der Waals surface area contributed by atoms with Crippen molar-refractivity contribution in [3.05, 3.63) is 583 Å². The third-order valence-electron chi connectivity index (χ3n) is 28.6. The monoisotopic (exact) mass is 1840 g/mol. The molecule has 3 aliphatic carbocycles. The van der Waals surface area contributed by atoms with E-state index in [1.807, 2.05) is 0 Å². The van der Waals surface area contributed by atoms with Crippen LogP contribution in [0.2, 0.25) is 0 Å². The SMILES string of the molecule is Brc1ccc2ccc3c(Br)ccc4ccc1c2c43.C.Cc1cccc(Cc2cccc(C3(c4ccccc4)c4ccccc4-c4ccccc43)c2)c1.Cc1cccc(N(c2cccc(C3(c4ccccc4)c4ccccc4-c4ccccc43)c2)c2ccc3ccc4c(N(c5cccc(C)c5)c5cccc(C6(c7ccccc7)c7ccccc7-c7ccccc76)c5)ccc5ccc2c3c54)c1. The van der Waals surface area contributed by atoms with Crippen molar-refractivity contribution < 1.29 is 0 Å². The van der Waals surface area contributed by atoms with Gasteiger partial charge in [0.05, 0.1) is 27.6 Å². The summed E-state index contributed by atoms with van der Waals surface area (Å²) in [5.74, 6) is 0. The Labute approximate surface area is 801 Å². The number of hydrogen-bond acceptors (Lipinski definition) is 2. The summed E-state index contributed by atoms with van der Waals surface area (Å²) in [6.45, 7) is 6.56. The summed E-state index contributed by atoms with van der Waals surface area (Å²) in [7, 11) is 0. The van der Waals surface area contributed by atoms with Crippen molar-refractivity contribution in [2.75, 3.05) is 9.80 Å². The molecule has 0 amide bonds. The first-order chi connectivity index (χ1) is 65.5. The second-order valence-electron chi connectivity index (χ2n) is 36.0. The number of fused-ring (bicyclic) bond motifs is 9. The van der Waals surface area contributed by atoms with Crippen LogP contribution in [-0.4, -0.2) is 0 Å². The quantitative estimate of drug-likeness (QED) is 0.100. The van der Waals surface area contributed by atoms with Crippen LogP contribution >= 0.6 is 31.9 Å². The van der Waals surface area contributed by atoms with Crippen LogP contribution < -0.4 is 9.80 Å². The largest absolute Gasteiger partial charge is 0.310 e. The van der Waals surface area contributed by atoms with Gasteiger partial charge >= 0.3 is 0 Å². The first-order valence-electron chi connectivity index (χ1n) is 46.1. The summed E-state index contributed by atoms with van der Waals surface area (Å²) >= 11 is 7.30. The van der Waals surface area contributed by atoms with Gasteiger partial charge in [-0.05, 0) is 276 Å². The van der Waals surface area contributed by atoms with E-state index in [4.69, 9.17) is 0 Å². The first-order valence-corrected chi connectivity index (χ1v) is 47.7. The van der Waals surface area contributed by atoms with Crippen molar-refractivity contribution in [1.82, 2.24) is 0 Å². The van der Waals surface area contributed by atoms with E-state index in [0.29, 0.717) is 0 Å². The molecule has 4 heteroatoms. The van der Waals surface area contributed by atoms with E-state index in [9.17, 15) is 0 Å². The van der Waals surface area contributed by atoms with Gasteiger partial charge in [0.1, 0.15) is 0 Å². The molecule has 638 valence electrons. The zero-order valence-electron chi connectivity index (χ0n) is 74.0. The van der Waals surface area contributed by atoms with Gasteiger partial charge in [0.2, 0.25) is 0 Å². The number of hydrogen-bond donors (Lipinski definition) is 0. The molecule has 0 saturated heterocycles. The van der Waals surface area contributed by atoms with Gasteiger partial charge in [-0.15, -0.1) is 0 Å². The van der Waals surface area contributed by atoms with Crippen molar-refractivity contribution >= 4 is 131 Å². The molecule has 23 aromatic carbocycles. The van der Waals surface area contributed by atoms with E-state index in [0.717, 1.165) is 49.5 Å². The van der Waals surface area contributed by atoms with E-state index in [2.05, 4.69) is 542 Å². The van der Waals surface area contributed by atoms with Crippen molar-refractivity contribution in [1.29, 1.82) is 0 Å². The standard InChI is InChI=1S/C80H56N2.C33H26.C16H8Br2.CH4/c1-53-21-17-29-61(49-53)81(63-31-19-27-59(51-63)79(57-23-5-3-6-24-57)71-37-13-9-33-65(71)66-34-10-14-38-72(66)79)75-47-43-55-42-46-70-76(48-44-56-41-45-69(75)77(55)78(56)70)82(62-30-18-22-54(2)50-62)64-32-20-28-60(52-64)80(58-25-7-4-8-26-58)73-39-15-11-35-67(73)68-36-12-16-40-74(68)80;1-24-11-9-12-25(21-24)22-26-13-10-16-28(23-26)33(27-14-3-2-4-15-27)31-19-7-5-17-29(31)30-18-6-8-20-32(30)33;17-13-8-4-10-2-6-12-14(18)7-3-9-1-5-11(13)16(10)15(9)12;/h3-52H,1-2H3;2-21,23H,22H2,1H3;1-8H;1H4. The molecule has 2 nitrogen and oxygen atoms in total. The molecule has 23 aromatic rings. The smallest absolute Gasteiger partial charge is 0.0714 e. The van der Waals surface area contributed by atoms with Crippen molar-refractivity contribution in [2.24, 2.45) is 0 Å². The fraction of sp³-hybridized carbons (Fsp3) is 0.0615. The normalized spacial score (nSPS) is 13.1. The molecule has 0 unspecified atom stereocenters. The number of anilines is 6. The van der Waals surface area contributed by atoms with Crippen LogP contribution in [0.15, 0.2) is 488 Å². The Morgan fingerprint density at radius 2 is 0.448 bits per heavy atom. The van der Waals surface area contributed by atoms with E-state index in [1.54, 1.807) is 0 Å². The fourth-order valence-electron chi connectivity index (χ4n) is 23.1. The fourth-order valence-corrected chi connectivity index (χ4v) is 24.1. The molecule has 0 atom stereocenters. The molecule has 0 saturated carbocycles. The van der Waals surface area contributed by atoms with E-state index in [-0.39, 0.29) is 12.8 Å². The predicted octanol–water partition coefficient (Wildman–Crippen LogP) is 35.6. The van der Waals surface area contributed by atoms with E-state index >= 15 is 0 Å². The highest BCUT2D eigenvalue weighted by Gasteiger charge is 2.49. The zero-order valence-corrected chi connectivity index (χ0v) is 77.1. The molecule has 0 aromatic heterocycles. The maximum absolute atomic E-state index is 3.65. The van der Waals surface area contributed by atoms with Crippen LogP contribution in [0.4, 0.5) is 34.1 Å². The predicted molar refractivity (Wildman–Crippen MR) is 574 cm³/mol. The first kappa shape index (κ1) is 83.1. The van der Waals surface area contributed by atoms with Crippen molar-refractivity contribution in [3.8, 4) is 33.4 Å². The lowest BCUT2D eigenvalue weighted by Crippen LogP contribution is -2.28. The lowest BCUT2D eigenvalue weighted by atomic mass is 9.67. The van der Waals surface area contributed by atoms with Crippen LogP contribution in [0.1, 0.15) is 102 Å². The molecule has 0 radical (unpaired) electrons. The number of halogens is 2. The second kappa shape index (κ2) is 33.8. The Bertz CT molecular complexity index is 7940. The summed E-state index contributed by atoms with van der Waals surface area (Å²) in [4.78, 5) is 5.00. The summed E-state index contributed by atoms with van der Waals surface area (Å²) in [6.07, 6.45) is 0.934. The molecular weight excluding hydrogens is 1750 g/mol. The molecule has 26 rings (SSSR count). The van der Waals surface area contributed by atoms with Crippen molar-refractivity contribution in [3.63, 3.8) is 0 Å². The topological polar surface area (TPSA) is 6.48 Å². The highest BCUT2D eigenvalue weighted by Crippen LogP contribution is 2.61. The van der Waals surface area contributed by atoms with Gasteiger partial charge in [0.15, 0.2) is 0 Å². The molecule has 0 spiro atoms. The van der Waals surface area contributed by atoms with Crippen LogP contribution in [0.25, 0.3) is 98.0 Å².